The van der Waals surface area contributed by atoms with Crippen molar-refractivity contribution in [3.63, 3.8) is 0 Å². The Labute approximate surface area is 171 Å². The number of ether oxygens (including phenoxy) is 2. The first-order valence-electron chi connectivity index (χ1n) is 9.94. The molecule has 1 heterocycles. The highest BCUT2D eigenvalue weighted by atomic mass is 16.5. The molecule has 3 aromatic rings. The highest BCUT2D eigenvalue weighted by molar-refractivity contribution is 5.83. The van der Waals surface area contributed by atoms with Gasteiger partial charge in [0.05, 0.1) is 7.11 Å². The van der Waals surface area contributed by atoms with Gasteiger partial charge in [-0.25, -0.2) is 0 Å². The third-order valence-electron chi connectivity index (χ3n) is 4.78. The highest BCUT2D eigenvalue weighted by Gasteiger charge is 2.09. The van der Waals surface area contributed by atoms with Gasteiger partial charge < -0.3 is 25.1 Å². The van der Waals surface area contributed by atoms with Crippen LogP contribution in [-0.2, 0) is 17.8 Å². The Bertz CT molecular complexity index is 965. The molecule has 154 valence electrons. The number of hydrogen-bond donors (Lipinski definition) is 3. The number of fused-ring (bicyclic) bond motifs is 1. The molecule has 0 saturated heterocycles. The van der Waals surface area contributed by atoms with Crippen LogP contribution in [0.4, 0.5) is 0 Å². The number of hydrogen-bond acceptors (Lipinski definition) is 4. The standard InChI is InChI=1S/C23H29N3O3/c1-4-25-23(27)15-29-21-8-6-17(12-22(21)28-3)13-24-10-9-18-14-26-20-11-16(2)5-7-19(18)20/h5-8,11-12,14,24,26H,4,9-10,13,15H2,1-3H3,(H,25,27). The first kappa shape index (κ1) is 20.7. The summed E-state index contributed by atoms with van der Waals surface area (Å²) in [6, 6.07) is 12.3. The molecule has 0 atom stereocenters. The lowest BCUT2D eigenvalue weighted by molar-refractivity contribution is -0.123. The zero-order valence-electron chi connectivity index (χ0n) is 17.3. The monoisotopic (exact) mass is 395 g/mol. The quantitative estimate of drug-likeness (QED) is 0.460. The number of aromatic amines is 1. The fourth-order valence-electron chi connectivity index (χ4n) is 3.30. The van der Waals surface area contributed by atoms with Gasteiger partial charge in [0, 0.05) is 30.2 Å². The van der Waals surface area contributed by atoms with E-state index >= 15 is 0 Å². The van der Waals surface area contributed by atoms with E-state index < -0.39 is 0 Å². The Kier molecular flexibility index (Phi) is 7.14. The summed E-state index contributed by atoms with van der Waals surface area (Å²) in [4.78, 5) is 14.9. The molecular formula is C23H29N3O3. The van der Waals surface area contributed by atoms with E-state index in [-0.39, 0.29) is 12.5 Å². The minimum Gasteiger partial charge on any atom is -0.493 e. The number of likely N-dealkylation sites (N-methyl/N-ethyl adjacent to an activating group) is 1. The number of amides is 1. The van der Waals surface area contributed by atoms with Crippen LogP contribution in [0.3, 0.4) is 0 Å². The number of nitrogens with one attached hydrogen (secondary N) is 3. The lowest BCUT2D eigenvalue weighted by Gasteiger charge is -2.12. The second-order valence-electron chi connectivity index (χ2n) is 7.02. The molecule has 0 radical (unpaired) electrons. The molecule has 0 aliphatic rings. The Morgan fingerprint density at radius 3 is 2.79 bits per heavy atom. The number of H-pyrrole nitrogens is 1. The summed E-state index contributed by atoms with van der Waals surface area (Å²) in [6.45, 7) is 6.15. The number of carbonyl (C=O) groups excluding carboxylic acids is 1. The topological polar surface area (TPSA) is 75.4 Å². The van der Waals surface area contributed by atoms with Crippen molar-refractivity contribution in [1.82, 2.24) is 15.6 Å². The number of rotatable bonds is 10. The Morgan fingerprint density at radius 1 is 1.14 bits per heavy atom. The molecule has 0 aliphatic carbocycles. The molecule has 0 saturated carbocycles. The summed E-state index contributed by atoms with van der Waals surface area (Å²) in [6.07, 6.45) is 3.05. The van der Waals surface area contributed by atoms with Gasteiger partial charge in [0.25, 0.3) is 5.91 Å². The van der Waals surface area contributed by atoms with Gasteiger partial charge >= 0.3 is 0 Å². The Balaban J connectivity index is 1.51. The number of carbonyl (C=O) groups is 1. The number of benzene rings is 2. The molecule has 2 aromatic carbocycles. The average Bonchev–Trinajstić information content (AvgIpc) is 3.12. The van der Waals surface area contributed by atoms with Crippen molar-refractivity contribution >= 4 is 16.8 Å². The van der Waals surface area contributed by atoms with E-state index in [1.54, 1.807) is 7.11 Å². The molecule has 0 fully saturated rings. The number of aryl methyl sites for hydroxylation is 1. The van der Waals surface area contributed by atoms with Gasteiger partial charge in [0.15, 0.2) is 18.1 Å². The van der Waals surface area contributed by atoms with Crippen molar-refractivity contribution in [3.05, 3.63) is 59.3 Å². The van der Waals surface area contributed by atoms with Crippen LogP contribution in [0.2, 0.25) is 0 Å². The second-order valence-corrected chi connectivity index (χ2v) is 7.02. The first-order chi connectivity index (χ1) is 14.1. The molecule has 6 heteroatoms. The maximum atomic E-state index is 11.6. The van der Waals surface area contributed by atoms with E-state index in [0.29, 0.717) is 18.0 Å². The molecule has 1 amide bonds. The molecule has 3 N–H and O–H groups in total. The van der Waals surface area contributed by atoms with Crippen molar-refractivity contribution in [2.24, 2.45) is 0 Å². The highest BCUT2D eigenvalue weighted by Crippen LogP contribution is 2.28. The van der Waals surface area contributed by atoms with Crippen LogP contribution < -0.4 is 20.1 Å². The minimum absolute atomic E-state index is 0.0219. The van der Waals surface area contributed by atoms with Crippen LogP contribution in [-0.4, -0.2) is 37.7 Å². The molecule has 0 spiro atoms. The summed E-state index contributed by atoms with van der Waals surface area (Å²) in [5, 5.41) is 7.47. The summed E-state index contributed by atoms with van der Waals surface area (Å²) < 4.78 is 11.0. The van der Waals surface area contributed by atoms with E-state index in [2.05, 4.69) is 46.9 Å². The summed E-state index contributed by atoms with van der Waals surface area (Å²) in [5.74, 6) is 1.05. The van der Waals surface area contributed by atoms with Crippen molar-refractivity contribution in [3.8, 4) is 11.5 Å². The Hall–Kier alpha value is -2.99. The maximum absolute atomic E-state index is 11.6. The van der Waals surface area contributed by atoms with Crippen molar-refractivity contribution in [1.29, 1.82) is 0 Å². The average molecular weight is 396 g/mol. The predicted molar refractivity (Wildman–Crippen MR) is 116 cm³/mol. The summed E-state index contributed by atoms with van der Waals surface area (Å²) in [7, 11) is 1.60. The van der Waals surface area contributed by atoms with Crippen LogP contribution in [0.5, 0.6) is 11.5 Å². The number of aromatic nitrogens is 1. The fourth-order valence-corrected chi connectivity index (χ4v) is 3.30. The molecule has 0 unspecified atom stereocenters. The molecule has 0 aliphatic heterocycles. The predicted octanol–water partition coefficient (Wildman–Crippen LogP) is 3.33. The van der Waals surface area contributed by atoms with Crippen LogP contribution in [0, 0.1) is 6.92 Å². The van der Waals surface area contributed by atoms with Crippen LogP contribution >= 0.6 is 0 Å². The smallest absolute Gasteiger partial charge is 0.257 e. The molecule has 1 aromatic heterocycles. The summed E-state index contributed by atoms with van der Waals surface area (Å²) in [5.41, 5.74) is 4.87. The van der Waals surface area contributed by atoms with Crippen LogP contribution in [0.25, 0.3) is 10.9 Å². The zero-order valence-corrected chi connectivity index (χ0v) is 17.3. The van der Waals surface area contributed by atoms with Crippen molar-refractivity contribution < 1.29 is 14.3 Å². The second kappa shape index (κ2) is 9.98. The third kappa shape index (κ3) is 5.51. The molecule has 0 bridgehead atoms. The van der Waals surface area contributed by atoms with E-state index in [1.807, 2.05) is 25.1 Å². The van der Waals surface area contributed by atoms with Gasteiger partial charge in [0.1, 0.15) is 0 Å². The van der Waals surface area contributed by atoms with Crippen LogP contribution in [0.15, 0.2) is 42.6 Å². The van der Waals surface area contributed by atoms with Gasteiger partial charge in [-0.05, 0) is 61.7 Å². The fraction of sp³-hybridized carbons (Fsp3) is 0.348. The number of methoxy groups -OCH3 is 1. The van der Waals surface area contributed by atoms with Gasteiger partial charge in [-0.15, -0.1) is 0 Å². The lowest BCUT2D eigenvalue weighted by Crippen LogP contribution is -2.28. The van der Waals surface area contributed by atoms with E-state index in [4.69, 9.17) is 9.47 Å². The zero-order chi connectivity index (χ0) is 20.6. The van der Waals surface area contributed by atoms with Gasteiger partial charge in [-0.3, -0.25) is 4.79 Å². The third-order valence-corrected chi connectivity index (χ3v) is 4.78. The molecule has 29 heavy (non-hydrogen) atoms. The van der Waals surface area contributed by atoms with Crippen molar-refractivity contribution in [2.75, 3.05) is 26.8 Å². The van der Waals surface area contributed by atoms with Gasteiger partial charge in [-0.1, -0.05) is 18.2 Å². The van der Waals surface area contributed by atoms with E-state index in [1.165, 1.54) is 22.0 Å². The molecule has 6 nitrogen and oxygen atoms in total. The lowest BCUT2D eigenvalue weighted by atomic mass is 10.1. The molecule has 3 rings (SSSR count). The van der Waals surface area contributed by atoms with Crippen LogP contribution in [0.1, 0.15) is 23.6 Å². The van der Waals surface area contributed by atoms with Gasteiger partial charge in [0.2, 0.25) is 0 Å². The Morgan fingerprint density at radius 2 is 2.00 bits per heavy atom. The van der Waals surface area contributed by atoms with Gasteiger partial charge in [-0.2, -0.15) is 0 Å². The minimum atomic E-state index is -0.146. The SMILES string of the molecule is CCNC(=O)COc1ccc(CNCCc2c[nH]c3cc(C)ccc23)cc1OC. The van der Waals surface area contributed by atoms with Crippen molar-refractivity contribution in [2.45, 2.75) is 26.8 Å². The van der Waals surface area contributed by atoms with E-state index in [9.17, 15) is 4.79 Å². The van der Waals surface area contributed by atoms with E-state index in [0.717, 1.165) is 25.1 Å². The first-order valence-corrected chi connectivity index (χ1v) is 9.94. The molecular weight excluding hydrogens is 366 g/mol. The summed E-state index contributed by atoms with van der Waals surface area (Å²) >= 11 is 0. The normalized spacial score (nSPS) is 10.9. The maximum Gasteiger partial charge on any atom is 0.257 e. The largest absolute Gasteiger partial charge is 0.493 e.